The van der Waals surface area contributed by atoms with E-state index in [1.54, 1.807) is 13.3 Å². The maximum absolute atomic E-state index is 5.20. The van der Waals surface area contributed by atoms with Crippen LogP contribution in [0.3, 0.4) is 0 Å². The van der Waals surface area contributed by atoms with Gasteiger partial charge >= 0.3 is 0 Å². The van der Waals surface area contributed by atoms with Crippen molar-refractivity contribution in [2.45, 2.75) is 6.54 Å². The summed E-state index contributed by atoms with van der Waals surface area (Å²) >= 11 is 10.3. The number of hydrogen-bond acceptors (Lipinski definition) is 3. The Kier molecular flexibility index (Phi) is 5.24. The number of halogens is 3. The van der Waals surface area contributed by atoms with Crippen LogP contribution in [-0.2, 0) is 6.54 Å². The van der Waals surface area contributed by atoms with E-state index in [1.165, 1.54) is 0 Å². The fourth-order valence-electron chi connectivity index (χ4n) is 1.54. The Morgan fingerprint density at radius 3 is 2.58 bits per heavy atom. The lowest BCUT2D eigenvalue weighted by molar-refractivity contribution is 0.412. The SMILES string of the molecule is COc1ccc(NCc2ncc(Br)cc2Br)cc1Br. The molecule has 0 bridgehead atoms. The molecular formula is C13H11Br3N2O. The van der Waals surface area contributed by atoms with E-state index in [9.17, 15) is 0 Å². The molecule has 0 unspecified atom stereocenters. The number of rotatable bonds is 4. The van der Waals surface area contributed by atoms with Gasteiger partial charge in [0.15, 0.2) is 0 Å². The molecule has 0 amide bonds. The fourth-order valence-corrected chi connectivity index (χ4v) is 3.20. The highest BCUT2D eigenvalue weighted by molar-refractivity contribution is 9.11. The van der Waals surface area contributed by atoms with E-state index in [-0.39, 0.29) is 0 Å². The van der Waals surface area contributed by atoms with Gasteiger partial charge in [0.1, 0.15) is 5.75 Å². The standard InChI is InChI=1S/C13H11Br3N2O/c1-19-13-3-2-9(5-11(13)16)17-7-12-10(15)4-8(14)6-18-12/h2-6,17H,7H2,1H3. The number of hydrogen-bond donors (Lipinski definition) is 1. The van der Waals surface area contributed by atoms with Gasteiger partial charge in [0.05, 0.1) is 23.8 Å². The lowest BCUT2D eigenvalue weighted by atomic mass is 10.3. The smallest absolute Gasteiger partial charge is 0.133 e. The molecule has 0 saturated carbocycles. The zero-order valence-corrected chi connectivity index (χ0v) is 14.8. The summed E-state index contributed by atoms with van der Waals surface area (Å²) in [6.45, 7) is 0.645. The van der Waals surface area contributed by atoms with Crippen LogP contribution in [0.5, 0.6) is 5.75 Å². The minimum Gasteiger partial charge on any atom is -0.496 e. The highest BCUT2D eigenvalue weighted by Gasteiger charge is 2.04. The molecule has 3 nitrogen and oxygen atoms in total. The molecule has 19 heavy (non-hydrogen) atoms. The molecule has 6 heteroatoms. The average molecular weight is 451 g/mol. The molecule has 1 aromatic carbocycles. The number of benzene rings is 1. The van der Waals surface area contributed by atoms with Crippen molar-refractivity contribution in [2.75, 3.05) is 12.4 Å². The first-order chi connectivity index (χ1) is 9.10. The van der Waals surface area contributed by atoms with Crippen LogP contribution in [-0.4, -0.2) is 12.1 Å². The molecule has 0 fully saturated rings. The molecule has 1 N–H and O–H groups in total. The number of pyridine rings is 1. The van der Waals surface area contributed by atoms with Crippen molar-refractivity contribution in [2.24, 2.45) is 0 Å². The van der Waals surface area contributed by atoms with Crippen molar-refractivity contribution < 1.29 is 4.74 Å². The Labute approximate surface area is 137 Å². The van der Waals surface area contributed by atoms with E-state index in [4.69, 9.17) is 4.74 Å². The lowest BCUT2D eigenvalue weighted by Crippen LogP contribution is -2.02. The van der Waals surface area contributed by atoms with Crippen LogP contribution in [0.1, 0.15) is 5.69 Å². The van der Waals surface area contributed by atoms with Crippen molar-refractivity contribution in [1.82, 2.24) is 4.98 Å². The largest absolute Gasteiger partial charge is 0.496 e. The van der Waals surface area contributed by atoms with E-state index >= 15 is 0 Å². The van der Waals surface area contributed by atoms with E-state index in [2.05, 4.69) is 58.1 Å². The van der Waals surface area contributed by atoms with Gasteiger partial charge in [-0.25, -0.2) is 0 Å². The predicted molar refractivity (Wildman–Crippen MR) is 87.7 cm³/mol. The van der Waals surface area contributed by atoms with Crippen molar-refractivity contribution in [3.63, 3.8) is 0 Å². The molecule has 0 aliphatic heterocycles. The van der Waals surface area contributed by atoms with Crippen molar-refractivity contribution in [1.29, 1.82) is 0 Å². The van der Waals surface area contributed by atoms with Crippen LogP contribution < -0.4 is 10.1 Å². The van der Waals surface area contributed by atoms with Gasteiger partial charge in [-0.3, -0.25) is 4.98 Å². The summed E-state index contributed by atoms with van der Waals surface area (Å²) in [5.41, 5.74) is 1.96. The average Bonchev–Trinajstić information content (AvgIpc) is 2.38. The summed E-state index contributed by atoms with van der Waals surface area (Å²) in [6, 6.07) is 7.84. The van der Waals surface area contributed by atoms with E-state index in [0.29, 0.717) is 6.54 Å². The maximum atomic E-state index is 5.20. The Morgan fingerprint density at radius 1 is 1.16 bits per heavy atom. The summed E-state index contributed by atoms with van der Waals surface area (Å²) in [5, 5.41) is 3.32. The second-order valence-electron chi connectivity index (χ2n) is 3.78. The lowest BCUT2D eigenvalue weighted by Gasteiger charge is -2.10. The maximum Gasteiger partial charge on any atom is 0.133 e. The molecule has 2 aromatic rings. The molecule has 2 rings (SSSR count). The highest BCUT2D eigenvalue weighted by atomic mass is 79.9. The Hall–Kier alpha value is -0.590. The Bertz CT molecular complexity index is 590. The van der Waals surface area contributed by atoms with Gasteiger partial charge in [0, 0.05) is 20.8 Å². The van der Waals surface area contributed by atoms with Gasteiger partial charge in [0.25, 0.3) is 0 Å². The van der Waals surface area contributed by atoms with Gasteiger partial charge < -0.3 is 10.1 Å². The molecule has 0 saturated heterocycles. The van der Waals surface area contributed by atoms with Crippen molar-refractivity contribution in [3.8, 4) is 5.75 Å². The summed E-state index contributed by atoms with van der Waals surface area (Å²) < 4.78 is 8.04. The number of ether oxygens (including phenoxy) is 1. The summed E-state index contributed by atoms with van der Waals surface area (Å²) in [5.74, 6) is 0.813. The third kappa shape index (κ3) is 3.94. The normalized spacial score (nSPS) is 10.3. The van der Waals surface area contributed by atoms with Crippen LogP contribution in [0.2, 0.25) is 0 Å². The first-order valence-electron chi connectivity index (χ1n) is 5.47. The molecule has 100 valence electrons. The summed E-state index contributed by atoms with van der Waals surface area (Å²) in [7, 11) is 1.65. The number of methoxy groups -OCH3 is 1. The van der Waals surface area contributed by atoms with Gasteiger partial charge in [-0.05, 0) is 72.1 Å². The second kappa shape index (κ2) is 6.72. The predicted octanol–water partition coefficient (Wildman–Crippen LogP) is 4.99. The first-order valence-corrected chi connectivity index (χ1v) is 7.85. The molecular weight excluding hydrogens is 440 g/mol. The molecule has 0 aliphatic rings. The quantitative estimate of drug-likeness (QED) is 0.712. The molecule has 0 radical (unpaired) electrons. The zero-order valence-electron chi connectivity index (χ0n) is 10.1. The topological polar surface area (TPSA) is 34.1 Å². The van der Waals surface area contributed by atoms with E-state index in [1.807, 2.05) is 24.3 Å². The van der Waals surface area contributed by atoms with Crippen LogP contribution in [0.15, 0.2) is 43.9 Å². The zero-order chi connectivity index (χ0) is 13.8. The van der Waals surface area contributed by atoms with Gasteiger partial charge in [0.2, 0.25) is 0 Å². The highest BCUT2D eigenvalue weighted by Crippen LogP contribution is 2.28. The molecule has 0 atom stereocenters. The third-order valence-electron chi connectivity index (χ3n) is 2.50. The van der Waals surface area contributed by atoms with Crippen LogP contribution in [0.25, 0.3) is 0 Å². The molecule has 0 aliphatic carbocycles. The second-order valence-corrected chi connectivity index (χ2v) is 6.41. The minimum atomic E-state index is 0.645. The Balaban J connectivity index is 2.08. The number of anilines is 1. The first kappa shape index (κ1) is 14.8. The van der Waals surface area contributed by atoms with E-state index in [0.717, 1.165) is 30.5 Å². The van der Waals surface area contributed by atoms with Crippen LogP contribution in [0, 0.1) is 0 Å². The molecule has 1 aromatic heterocycles. The van der Waals surface area contributed by atoms with E-state index < -0.39 is 0 Å². The number of nitrogens with zero attached hydrogens (tertiary/aromatic N) is 1. The number of nitrogens with one attached hydrogen (secondary N) is 1. The summed E-state index contributed by atoms with van der Waals surface area (Å²) in [6.07, 6.45) is 1.78. The minimum absolute atomic E-state index is 0.645. The molecule has 1 heterocycles. The van der Waals surface area contributed by atoms with Gasteiger partial charge in [-0.15, -0.1) is 0 Å². The number of aromatic nitrogens is 1. The van der Waals surface area contributed by atoms with Crippen molar-refractivity contribution in [3.05, 3.63) is 49.6 Å². The van der Waals surface area contributed by atoms with Gasteiger partial charge in [-0.2, -0.15) is 0 Å². The van der Waals surface area contributed by atoms with Crippen molar-refractivity contribution >= 4 is 53.5 Å². The molecule has 0 spiro atoms. The monoisotopic (exact) mass is 448 g/mol. The Morgan fingerprint density at radius 2 is 1.95 bits per heavy atom. The van der Waals surface area contributed by atoms with Gasteiger partial charge in [-0.1, -0.05) is 0 Å². The van der Waals surface area contributed by atoms with Crippen LogP contribution >= 0.6 is 47.8 Å². The third-order valence-corrected chi connectivity index (χ3v) is 4.24. The summed E-state index contributed by atoms with van der Waals surface area (Å²) in [4.78, 5) is 4.36. The fraction of sp³-hybridized carbons (Fsp3) is 0.154. The van der Waals surface area contributed by atoms with Crippen LogP contribution in [0.4, 0.5) is 5.69 Å².